The van der Waals surface area contributed by atoms with E-state index in [9.17, 15) is 9.59 Å². The number of carbonyl (C=O) groups excluding carboxylic acids is 2. The number of amides is 2. The molecule has 0 bridgehead atoms. The summed E-state index contributed by atoms with van der Waals surface area (Å²) in [6.45, 7) is 0. The third-order valence-corrected chi connectivity index (χ3v) is 6.13. The molecule has 152 valence electrons. The highest BCUT2D eigenvalue weighted by molar-refractivity contribution is 6.52. The standard InChI is InChI=1S/C22H28Cl2N2O2/c23-16-11-10-14-18(15-16)26-21(27)19(24)20(22(26)28)25-17-12-8-6-4-2-1-3-5-7-9-13-17/h10-11,14-15,17,25H,1-9,12-13H2. The van der Waals surface area contributed by atoms with Crippen molar-refractivity contribution in [1.82, 2.24) is 5.32 Å². The van der Waals surface area contributed by atoms with Crippen molar-refractivity contribution in [3.63, 3.8) is 0 Å². The van der Waals surface area contributed by atoms with Gasteiger partial charge < -0.3 is 5.32 Å². The van der Waals surface area contributed by atoms with Crippen LogP contribution in [0.25, 0.3) is 0 Å². The molecule has 1 aliphatic heterocycles. The largest absolute Gasteiger partial charge is 0.376 e. The molecule has 1 aliphatic carbocycles. The smallest absolute Gasteiger partial charge is 0.283 e. The molecule has 2 aliphatic rings. The maximum absolute atomic E-state index is 12.9. The fourth-order valence-electron chi connectivity index (χ4n) is 3.99. The van der Waals surface area contributed by atoms with E-state index in [0.29, 0.717) is 10.7 Å². The molecule has 1 fully saturated rings. The third-order valence-electron chi connectivity index (χ3n) is 5.55. The number of benzene rings is 1. The van der Waals surface area contributed by atoms with Crippen LogP contribution in [0.2, 0.25) is 5.02 Å². The van der Waals surface area contributed by atoms with E-state index in [4.69, 9.17) is 23.2 Å². The van der Waals surface area contributed by atoms with Crippen LogP contribution in [0.5, 0.6) is 0 Å². The van der Waals surface area contributed by atoms with Crippen molar-refractivity contribution < 1.29 is 9.59 Å². The summed E-state index contributed by atoms with van der Waals surface area (Å²) in [6.07, 6.45) is 13.2. The average molecular weight is 423 g/mol. The number of hydrogen-bond donors (Lipinski definition) is 1. The summed E-state index contributed by atoms with van der Waals surface area (Å²) in [6, 6.07) is 6.87. The van der Waals surface area contributed by atoms with E-state index >= 15 is 0 Å². The molecule has 1 N–H and O–H groups in total. The second-order valence-corrected chi connectivity index (χ2v) is 8.53. The summed E-state index contributed by atoms with van der Waals surface area (Å²) >= 11 is 12.3. The molecular formula is C22H28Cl2N2O2. The van der Waals surface area contributed by atoms with Crippen LogP contribution in [-0.2, 0) is 9.59 Å². The molecule has 0 unspecified atom stereocenters. The van der Waals surface area contributed by atoms with Gasteiger partial charge in [-0.05, 0) is 31.0 Å². The average Bonchev–Trinajstić information content (AvgIpc) is 2.87. The number of rotatable bonds is 3. The SMILES string of the molecule is O=C1C(Cl)=C(NC2CCCCCCCCCCC2)C(=O)N1c1cccc(Cl)c1. The van der Waals surface area contributed by atoms with Gasteiger partial charge in [-0.1, -0.05) is 87.1 Å². The van der Waals surface area contributed by atoms with Crippen molar-refractivity contribution in [1.29, 1.82) is 0 Å². The summed E-state index contributed by atoms with van der Waals surface area (Å²) in [4.78, 5) is 26.7. The summed E-state index contributed by atoms with van der Waals surface area (Å²) in [5.74, 6) is -0.895. The monoisotopic (exact) mass is 422 g/mol. The number of carbonyl (C=O) groups is 2. The highest BCUT2D eigenvalue weighted by Gasteiger charge is 2.39. The lowest BCUT2D eigenvalue weighted by Gasteiger charge is -2.21. The molecule has 0 aromatic heterocycles. The van der Waals surface area contributed by atoms with Crippen molar-refractivity contribution in [3.05, 3.63) is 40.0 Å². The van der Waals surface area contributed by atoms with Crippen molar-refractivity contribution in [2.24, 2.45) is 0 Å². The van der Waals surface area contributed by atoms with Crippen molar-refractivity contribution >= 4 is 40.7 Å². The molecule has 0 radical (unpaired) electrons. The minimum absolute atomic E-state index is 0.0314. The van der Waals surface area contributed by atoms with E-state index in [1.807, 2.05) is 0 Å². The Morgan fingerprint density at radius 2 is 1.39 bits per heavy atom. The highest BCUT2D eigenvalue weighted by atomic mass is 35.5. The maximum atomic E-state index is 12.9. The number of nitrogens with zero attached hydrogens (tertiary/aromatic N) is 1. The first-order valence-electron chi connectivity index (χ1n) is 10.4. The number of imide groups is 1. The number of halogens is 2. The zero-order valence-corrected chi connectivity index (χ0v) is 17.7. The molecule has 0 atom stereocenters. The van der Waals surface area contributed by atoms with Gasteiger partial charge in [0.2, 0.25) is 0 Å². The van der Waals surface area contributed by atoms with E-state index in [1.54, 1.807) is 24.3 Å². The summed E-state index contributed by atoms with van der Waals surface area (Å²) < 4.78 is 0. The van der Waals surface area contributed by atoms with Crippen LogP contribution in [0.4, 0.5) is 5.69 Å². The van der Waals surface area contributed by atoms with Gasteiger partial charge in [0.05, 0.1) is 5.69 Å². The van der Waals surface area contributed by atoms with E-state index in [2.05, 4.69) is 5.32 Å². The van der Waals surface area contributed by atoms with Gasteiger partial charge >= 0.3 is 0 Å². The highest BCUT2D eigenvalue weighted by Crippen LogP contribution is 2.30. The third kappa shape index (κ3) is 5.30. The Bertz CT molecular complexity index is 736. The predicted octanol–water partition coefficient (Wildman–Crippen LogP) is 5.93. The normalized spacial score (nSPS) is 20.9. The zero-order valence-electron chi connectivity index (χ0n) is 16.2. The number of hydrogen-bond acceptors (Lipinski definition) is 3. The first-order valence-corrected chi connectivity index (χ1v) is 11.1. The molecule has 1 aromatic carbocycles. The molecule has 3 rings (SSSR count). The molecule has 6 heteroatoms. The Labute approximate surface area is 177 Å². The summed E-state index contributed by atoms with van der Waals surface area (Å²) in [7, 11) is 0. The lowest BCUT2D eigenvalue weighted by atomic mass is 9.98. The van der Waals surface area contributed by atoms with E-state index in [0.717, 1.165) is 30.6 Å². The van der Waals surface area contributed by atoms with E-state index < -0.39 is 11.8 Å². The first-order chi connectivity index (χ1) is 13.6. The summed E-state index contributed by atoms with van der Waals surface area (Å²) in [5, 5.41) is 3.75. The second kappa shape index (κ2) is 10.3. The quantitative estimate of drug-likeness (QED) is 0.614. The Hall–Kier alpha value is -1.52. The van der Waals surface area contributed by atoms with Crippen LogP contribution >= 0.6 is 23.2 Å². The topological polar surface area (TPSA) is 49.4 Å². The molecule has 0 spiro atoms. The van der Waals surface area contributed by atoms with E-state index in [-0.39, 0.29) is 16.8 Å². The van der Waals surface area contributed by atoms with Crippen LogP contribution < -0.4 is 10.2 Å². The van der Waals surface area contributed by atoms with Crippen LogP contribution in [0.1, 0.15) is 70.6 Å². The fourth-order valence-corrected chi connectivity index (χ4v) is 4.39. The van der Waals surface area contributed by atoms with Crippen LogP contribution in [0.15, 0.2) is 35.0 Å². The van der Waals surface area contributed by atoms with Gasteiger partial charge in [-0.25, -0.2) is 4.90 Å². The minimum Gasteiger partial charge on any atom is -0.376 e. The Balaban J connectivity index is 1.70. The maximum Gasteiger partial charge on any atom is 0.283 e. The van der Waals surface area contributed by atoms with Gasteiger partial charge in [0.15, 0.2) is 0 Å². The van der Waals surface area contributed by atoms with Gasteiger partial charge in [0.1, 0.15) is 10.7 Å². The molecular weight excluding hydrogens is 395 g/mol. The van der Waals surface area contributed by atoms with Crippen molar-refractivity contribution in [2.45, 2.75) is 76.7 Å². The second-order valence-electron chi connectivity index (χ2n) is 7.72. The lowest BCUT2D eigenvalue weighted by molar-refractivity contribution is -0.120. The van der Waals surface area contributed by atoms with Gasteiger partial charge in [-0.2, -0.15) is 0 Å². The fraction of sp³-hybridized carbons (Fsp3) is 0.545. The Morgan fingerprint density at radius 1 is 0.821 bits per heavy atom. The molecule has 1 heterocycles. The van der Waals surface area contributed by atoms with Gasteiger partial charge in [-0.15, -0.1) is 0 Å². The Kier molecular flexibility index (Phi) is 7.81. The van der Waals surface area contributed by atoms with Gasteiger partial charge in [-0.3, -0.25) is 9.59 Å². The molecule has 28 heavy (non-hydrogen) atoms. The molecule has 2 amide bonds. The molecule has 4 nitrogen and oxygen atoms in total. The molecule has 1 aromatic rings. The van der Waals surface area contributed by atoms with Crippen LogP contribution in [-0.4, -0.2) is 17.9 Å². The van der Waals surface area contributed by atoms with E-state index in [1.165, 1.54) is 44.9 Å². The van der Waals surface area contributed by atoms with Gasteiger partial charge in [0, 0.05) is 11.1 Å². The molecule has 1 saturated carbocycles. The van der Waals surface area contributed by atoms with Crippen molar-refractivity contribution in [3.8, 4) is 0 Å². The van der Waals surface area contributed by atoms with Gasteiger partial charge in [0.25, 0.3) is 11.8 Å². The lowest BCUT2D eigenvalue weighted by Crippen LogP contribution is -2.36. The Morgan fingerprint density at radius 3 is 1.96 bits per heavy atom. The molecule has 0 saturated heterocycles. The van der Waals surface area contributed by atoms with Crippen LogP contribution in [0.3, 0.4) is 0 Å². The van der Waals surface area contributed by atoms with Crippen molar-refractivity contribution in [2.75, 3.05) is 4.90 Å². The first kappa shape index (κ1) is 21.2. The number of nitrogens with one attached hydrogen (secondary N) is 1. The summed E-state index contributed by atoms with van der Waals surface area (Å²) in [5.41, 5.74) is 0.667. The number of anilines is 1. The zero-order chi connectivity index (χ0) is 19.9. The van der Waals surface area contributed by atoms with Crippen LogP contribution in [0, 0.1) is 0 Å². The predicted molar refractivity (Wildman–Crippen MR) is 115 cm³/mol. The minimum atomic E-state index is -0.496.